The number of nitrogens with zero attached hydrogens (tertiary/aromatic N) is 1. The van der Waals surface area contributed by atoms with Gasteiger partial charge >= 0.3 is 0 Å². The van der Waals surface area contributed by atoms with Gasteiger partial charge in [0.15, 0.2) is 0 Å². The molecule has 0 aliphatic heterocycles. The van der Waals surface area contributed by atoms with E-state index in [1.165, 1.54) is 0 Å². The van der Waals surface area contributed by atoms with Crippen LogP contribution in [0, 0.1) is 0 Å². The predicted octanol–water partition coefficient (Wildman–Crippen LogP) is -0.682. The van der Waals surface area contributed by atoms with Crippen molar-refractivity contribution in [3.05, 3.63) is 0 Å². The molecule has 0 aliphatic carbocycles. The van der Waals surface area contributed by atoms with Crippen LogP contribution in [0.2, 0.25) is 0 Å². The van der Waals surface area contributed by atoms with Gasteiger partial charge in [0.1, 0.15) is 0 Å². The Hall–Kier alpha value is 0.0300. The number of hydrogen-bond donors (Lipinski definition) is 0. The molecule has 0 unspecified atom stereocenters. The molecule has 0 aromatic rings. The maximum atomic E-state index is 8.44. The van der Waals surface area contributed by atoms with Crippen LogP contribution < -0.4 is 0 Å². The quantitative estimate of drug-likeness (QED) is 0.343. The first-order valence-corrected chi connectivity index (χ1v) is 3.29. The zero-order valence-corrected chi connectivity index (χ0v) is 6.90. The summed E-state index contributed by atoms with van der Waals surface area (Å²) >= 11 is -3.11. The van der Waals surface area contributed by atoms with Gasteiger partial charge in [-0.05, 0) is 0 Å². The molecule has 0 saturated carbocycles. The van der Waals surface area contributed by atoms with E-state index in [1.54, 1.807) is 0 Å². The smallest absolute Gasteiger partial charge is 0.0675 e. The number of rotatable bonds is 0. The molecule has 0 aromatic heterocycles. The summed E-state index contributed by atoms with van der Waals surface area (Å²) in [7, 11) is 8.50. The maximum Gasteiger partial charge on any atom is 0.0675 e. The molecule has 5 heteroatoms. The molecule has 0 fully saturated rings. The van der Waals surface area contributed by atoms with Crippen molar-refractivity contribution in [1.82, 2.24) is 0 Å². The Morgan fingerprint density at radius 1 is 1.11 bits per heavy atom. The summed E-state index contributed by atoms with van der Waals surface area (Å²) in [5.74, 6) is 0. The van der Waals surface area contributed by atoms with Gasteiger partial charge in [-0.25, -0.2) is 0 Å². The summed E-state index contributed by atoms with van der Waals surface area (Å²) in [6.07, 6.45) is 0. The van der Waals surface area contributed by atoms with Gasteiger partial charge in [-0.1, -0.05) is 0 Å². The van der Waals surface area contributed by atoms with Gasteiger partial charge in [-0.2, -0.15) is 0 Å². The third-order valence-electron chi connectivity index (χ3n) is 0. The topological polar surface area (TPSA) is 63.2 Å². The molecule has 58 valence electrons. The van der Waals surface area contributed by atoms with E-state index >= 15 is 0 Å². The molecule has 0 heterocycles. The first kappa shape index (κ1) is 11.8. The van der Waals surface area contributed by atoms with E-state index in [1.807, 2.05) is 0 Å². The molecule has 0 aliphatic rings. The molecule has 9 heavy (non-hydrogen) atoms. The largest absolute Gasteiger partial charge is 0.784 e. The third-order valence-corrected chi connectivity index (χ3v) is 0. The molecule has 0 N–H and O–H groups in total. The van der Waals surface area contributed by atoms with Gasteiger partial charge in [0.2, 0.25) is 0 Å². The summed E-state index contributed by atoms with van der Waals surface area (Å²) in [6.45, 7) is 0. The average molecular weight is 154 g/mol. The van der Waals surface area contributed by atoms with Crippen molar-refractivity contribution >= 4 is 11.4 Å². The van der Waals surface area contributed by atoms with Crippen LogP contribution >= 0.6 is 0 Å². The zero-order valence-electron chi connectivity index (χ0n) is 6.08. The summed E-state index contributed by atoms with van der Waals surface area (Å²) in [5.41, 5.74) is 0. The lowest BCUT2D eigenvalue weighted by Gasteiger charge is -2.14. The molecule has 0 amide bonds. The molecule has 4 nitrogen and oxygen atoms in total. The summed E-state index contributed by atoms with van der Waals surface area (Å²) < 4.78 is 26.3. The number of quaternary nitrogens is 1. The van der Waals surface area contributed by atoms with E-state index in [0.717, 1.165) is 4.48 Å². The van der Waals surface area contributed by atoms with Crippen LogP contribution in [0.4, 0.5) is 0 Å². The van der Waals surface area contributed by atoms with Crippen LogP contribution in [0.3, 0.4) is 0 Å². The highest BCUT2D eigenvalue weighted by molar-refractivity contribution is 7.72. The average Bonchev–Trinajstić information content (AvgIpc) is 1.19. The van der Waals surface area contributed by atoms with Crippen molar-refractivity contribution in [2.75, 3.05) is 28.2 Å². The lowest BCUT2D eigenvalue weighted by Crippen LogP contribution is -2.27. The van der Waals surface area contributed by atoms with E-state index in [9.17, 15) is 0 Å². The van der Waals surface area contributed by atoms with Gasteiger partial charge in [0, 0.05) is 0 Å². The third kappa shape index (κ3) is 324000. The minimum absolute atomic E-state index is 1.00. The molecule has 0 rings (SSSR count). The maximum absolute atomic E-state index is 8.44. The van der Waals surface area contributed by atoms with E-state index in [4.69, 9.17) is 13.3 Å². The molecular formula is C4H12NO3S-. The minimum atomic E-state index is -3.11. The molecule has 0 radical (unpaired) electrons. The summed E-state index contributed by atoms with van der Waals surface area (Å²) in [4.78, 5) is 0. The minimum Gasteiger partial charge on any atom is -0.784 e. The van der Waals surface area contributed by atoms with Crippen molar-refractivity contribution in [1.29, 1.82) is 0 Å². The second kappa shape index (κ2) is 4.87. The van der Waals surface area contributed by atoms with E-state index in [2.05, 4.69) is 28.2 Å². The van der Waals surface area contributed by atoms with Crippen LogP contribution in [0.15, 0.2) is 0 Å². The van der Waals surface area contributed by atoms with Crippen LogP contribution in [-0.2, 0) is 11.4 Å². The van der Waals surface area contributed by atoms with E-state index < -0.39 is 11.4 Å². The second-order valence-electron chi connectivity index (χ2n) is 2.89. The fourth-order valence-electron chi connectivity index (χ4n) is 0. The molecule has 0 atom stereocenters. The molecule has 0 aromatic carbocycles. The first-order chi connectivity index (χ1) is 3.73. The Bertz CT molecular complexity index is 78.3. The van der Waals surface area contributed by atoms with Crippen LogP contribution in [0.25, 0.3) is 0 Å². The molecule has 0 saturated heterocycles. The molecular weight excluding hydrogens is 142 g/mol. The van der Waals surface area contributed by atoms with Crippen LogP contribution in [-0.4, -0.2) is 46.0 Å². The summed E-state index contributed by atoms with van der Waals surface area (Å²) in [5, 5.41) is 0. The zero-order chi connectivity index (χ0) is 8.08. The Morgan fingerprint density at radius 2 is 1.11 bits per heavy atom. The van der Waals surface area contributed by atoms with Gasteiger partial charge < -0.3 is 13.6 Å². The fraction of sp³-hybridized carbons (Fsp3) is 1.00. The Balaban J connectivity index is 0. The summed E-state index contributed by atoms with van der Waals surface area (Å²) in [6, 6.07) is 0. The van der Waals surface area contributed by atoms with Crippen molar-refractivity contribution in [2.24, 2.45) is 0 Å². The fourth-order valence-corrected chi connectivity index (χ4v) is 0. The van der Waals surface area contributed by atoms with Crippen molar-refractivity contribution in [3.8, 4) is 0 Å². The van der Waals surface area contributed by atoms with E-state index in [0.29, 0.717) is 0 Å². The van der Waals surface area contributed by atoms with Crippen LogP contribution in [0.1, 0.15) is 0 Å². The standard InChI is InChI=1S/C4H12N.H2O3S/c1-5(2,3)4;1-4(2)3/h1-4H3;(H2,1,2,3)/q+1;/p-2. The predicted molar refractivity (Wildman–Crippen MR) is 33.7 cm³/mol. The highest BCUT2D eigenvalue weighted by atomic mass is 32.2. The SMILES string of the molecule is C[N+](C)(C)C.O=S([O-])[O-]. The highest BCUT2D eigenvalue weighted by Gasteiger charge is 1.88. The molecule has 0 spiro atoms. The lowest BCUT2D eigenvalue weighted by molar-refractivity contribution is -0.849. The van der Waals surface area contributed by atoms with Crippen molar-refractivity contribution in [2.45, 2.75) is 0 Å². The monoisotopic (exact) mass is 154 g/mol. The van der Waals surface area contributed by atoms with E-state index in [-0.39, 0.29) is 0 Å². The molecule has 0 bridgehead atoms. The second-order valence-corrected chi connectivity index (χ2v) is 3.30. The Kier molecular flexibility index (Phi) is 6.37. The normalized spacial score (nSPS) is 10.6. The lowest BCUT2D eigenvalue weighted by atomic mass is 10.8. The van der Waals surface area contributed by atoms with Crippen molar-refractivity contribution < 1.29 is 17.8 Å². The first-order valence-electron chi connectivity index (χ1n) is 2.29. The van der Waals surface area contributed by atoms with Gasteiger partial charge in [0.25, 0.3) is 0 Å². The Morgan fingerprint density at radius 3 is 1.11 bits per heavy atom. The van der Waals surface area contributed by atoms with Crippen molar-refractivity contribution in [3.63, 3.8) is 0 Å². The highest BCUT2D eigenvalue weighted by Crippen LogP contribution is 1.73. The van der Waals surface area contributed by atoms with Gasteiger partial charge in [0.05, 0.1) is 28.2 Å². The Labute approximate surface area is 58.2 Å². The number of hydrogen-bond acceptors (Lipinski definition) is 3. The van der Waals surface area contributed by atoms with Gasteiger partial charge in [-0.3, -0.25) is 4.21 Å². The van der Waals surface area contributed by atoms with Crippen LogP contribution in [0.5, 0.6) is 0 Å². The van der Waals surface area contributed by atoms with Gasteiger partial charge in [-0.15, -0.1) is 11.4 Å².